The van der Waals surface area contributed by atoms with Crippen molar-refractivity contribution in [1.29, 1.82) is 0 Å². The van der Waals surface area contributed by atoms with Gasteiger partial charge < -0.3 is 14.6 Å². The van der Waals surface area contributed by atoms with Crippen molar-refractivity contribution in [2.45, 2.75) is 32.9 Å². The molecule has 1 atom stereocenters. The van der Waals surface area contributed by atoms with E-state index in [1.54, 1.807) is 78.9 Å². The summed E-state index contributed by atoms with van der Waals surface area (Å²) in [4.78, 5) is 27.1. The van der Waals surface area contributed by atoms with Crippen LogP contribution in [-0.4, -0.2) is 25.5 Å². The average molecular weight is 601 g/mol. The van der Waals surface area contributed by atoms with Crippen molar-refractivity contribution in [3.63, 3.8) is 0 Å². The summed E-state index contributed by atoms with van der Waals surface area (Å²) in [5.74, 6) is 0.0849. The third-order valence-corrected chi connectivity index (χ3v) is 7.24. The number of hydrogen-bond donors (Lipinski definition) is 2. The van der Waals surface area contributed by atoms with E-state index in [0.29, 0.717) is 50.4 Å². The molecule has 11 heteroatoms. The number of hydrogen-bond acceptors (Lipinski definition) is 4. The Kier molecular flexibility index (Phi) is 10.0. The van der Waals surface area contributed by atoms with E-state index in [0.717, 1.165) is 6.42 Å². The number of anilines is 3. The summed E-state index contributed by atoms with van der Waals surface area (Å²) in [5.41, 5.74) is 2.15. The summed E-state index contributed by atoms with van der Waals surface area (Å²) in [7, 11) is 0. The molecule has 8 nitrogen and oxygen atoms in total. The van der Waals surface area contributed by atoms with Crippen LogP contribution in [0.4, 0.5) is 17.1 Å². The third kappa shape index (κ3) is 7.31. The smallest absolute Gasteiger partial charge is 0.266 e. The van der Waals surface area contributed by atoms with E-state index >= 15 is 0 Å². The highest BCUT2D eigenvalue weighted by atomic mass is 35.5. The summed E-state index contributed by atoms with van der Waals surface area (Å²) >= 11 is 10.2. The molecule has 1 heterocycles. The molecule has 0 saturated heterocycles. The van der Waals surface area contributed by atoms with Crippen LogP contribution in [0.5, 0.6) is 0 Å². The topological polar surface area (TPSA) is 103 Å². The van der Waals surface area contributed by atoms with E-state index in [1.807, 2.05) is 6.92 Å². The molecule has 0 saturated carbocycles. The zero-order valence-corrected chi connectivity index (χ0v) is 23.9. The molecule has 0 spiro atoms. The van der Waals surface area contributed by atoms with E-state index in [9.17, 15) is 18.4 Å². The first kappa shape index (κ1) is 29.4. The molecular formula is C29H27Cl2N3O5S. The Labute approximate surface area is 244 Å². The zero-order chi connectivity index (χ0) is 28.6. The van der Waals surface area contributed by atoms with Gasteiger partial charge in [0.1, 0.15) is 5.76 Å². The average Bonchev–Trinajstić information content (AvgIpc) is 3.44. The highest BCUT2D eigenvalue weighted by molar-refractivity contribution is 7.81. The first-order valence-electron chi connectivity index (χ1n) is 12.4. The van der Waals surface area contributed by atoms with Gasteiger partial charge in [-0.2, -0.15) is 0 Å². The summed E-state index contributed by atoms with van der Waals surface area (Å²) in [6.07, 6.45) is 2.63. The minimum Gasteiger partial charge on any atom is -0.467 e. The fourth-order valence-corrected chi connectivity index (χ4v) is 5.18. The lowest BCUT2D eigenvalue weighted by atomic mass is 10.1. The van der Waals surface area contributed by atoms with E-state index in [2.05, 4.69) is 5.32 Å². The van der Waals surface area contributed by atoms with Crippen molar-refractivity contribution in [3.8, 4) is 0 Å². The Morgan fingerprint density at radius 2 is 1.73 bits per heavy atom. The van der Waals surface area contributed by atoms with Gasteiger partial charge in [-0.25, -0.2) is 8.51 Å². The molecule has 0 fully saturated rings. The number of nitrogens with zero attached hydrogens (tertiary/aromatic N) is 2. The lowest BCUT2D eigenvalue weighted by Crippen LogP contribution is -2.31. The van der Waals surface area contributed by atoms with Crippen LogP contribution in [0.2, 0.25) is 10.0 Å². The van der Waals surface area contributed by atoms with Crippen molar-refractivity contribution in [2.75, 3.05) is 9.62 Å². The van der Waals surface area contributed by atoms with Gasteiger partial charge >= 0.3 is 0 Å². The number of rotatable bonds is 11. The molecule has 2 amide bonds. The van der Waals surface area contributed by atoms with E-state index in [-0.39, 0.29) is 24.9 Å². The Bertz CT molecular complexity index is 1500. The highest BCUT2D eigenvalue weighted by Gasteiger charge is 2.25. The molecule has 0 aliphatic rings. The summed E-state index contributed by atoms with van der Waals surface area (Å²) in [6.45, 7) is 2.06. The van der Waals surface area contributed by atoms with Crippen LogP contribution >= 0.6 is 23.2 Å². The van der Waals surface area contributed by atoms with E-state index < -0.39 is 11.3 Å². The number of nitrogens with one attached hydrogen (secondary N) is 1. The molecule has 0 bridgehead atoms. The standard InChI is InChI=1S/C29H27Cl2N3O5S/c1-2-6-28(35)32-22-11-13-23(14-12-22)34(40(37)38)27-15-10-21(30)17-20(27)18-33(19-24-7-5-16-39-24)29(36)25-8-3-4-9-26(25)31/h3-5,7-17H,2,6,18-19H2,1H3,(H,32,35)(H,37,38). The van der Waals surface area contributed by atoms with Gasteiger partial charge in [-0.15, -0.1) is 0 Å². The van der Waals surface area contributed by atoms with E-state index in [1.165, 1.54) is 15.5 Å². The van der Waals surface area contributed by atoms with Crippen LogP contribution in [0, 0.1) is 0 Å². The minimum absolute atomic E-state index is 0.0273. The number of benzene rings is 3. The molecule has 40 heavy (non-hydrogen) atoms. The van der Waals surface area contributed by atoms with E-state index in [4.69, 9.17) is 27.6 Å². The van der Waals surface area contributed by atoms with Crippen LogP contribution < -0.4 is 9.62 Å². The van der Waals surface area contributed by atoms with Crippen LogP contribution in [0.1, 0.15) is 41.4 Å². The summed E-state index contributed by atoms with van der Waals surface area (Å²) in [5, 5.41) is 3.49. The third-order valence-electron chi connectivity index (χ3n) is 5.96. The number of halogens is 2. The quantitative estimate of drug-likeness (QED) is 0.174. The molecule has 4 rings (SSSR count). The maximum absolute atomic E-state index is 13.6. The molecule has 1 unspecified atom stereocenters. The molecule has 3 aromatic carbocycles. The number of carbonyl (C=O) groups is 2. The van der Waals surface area contributed by atoms with Crippen LogP contribution in [0.25, 0.3) is 0 Å². The number of carbonyl (C=O) groups excluding carboxylic acids is 2. The summed E-state index contributed by atoms with van der Waals surface area (Å²) < 4.78 is 29.7. The summed E-state index contributed by atoms with van der Waals surface area (Å²) in [6, 6.07) is 21.6. The Hall–Kier alpha value is -3.63. The van der Waals surface area contributed by atoms with Crippen molar-refractivity contribution >= 4 is 63.3 Å². The Morgan fingerprint density at radius 1 is 0.975 bits per heavy atom. The predicted octanol–water partition coefficient (Wildman–Crippen LogP) is 7.44. The molecule has 0 aliphatic heterocycles. The second-order valence-corrected chi connectivity index (χ2v) is 10.5. The second-order valence-electron chi connectivity index (χ2n) is 8.86. The van der Waals surface area contributed by atoms with Gasteiger partial charge in [0.25, 0.3) is 17.2 Å². The minimum atomic E-state index is -2.48. The number of amides is 2. The first-order valence-corrected chi connectivity index (χ1v) is 14.2. The molecule has 1 aromatic heterocycles. The zero-order valence-electron chi connectivity index (χ0n) is 21.6. The molecule has 0 radical (unpaired) electrons. The second kappa shape index (κ2) is 13.6. The van der Waals surface area contributed by atoms with Crippen LogP contribution in [0.15, 0.2) is 89.5 Å². The highest BCUT2D eigenvalue weighted by Crippen LogP contribution is 2.34. The molecule has 4 aromatic rings. The lowest BCUT2D eigenvalue weighted by Gasteiger charge is -2.27. The van der Waals surface area contributed by atoms with Crippen LogP contribution in [0.3, 0.4) is 0 Å². The first-order chi connectivity index (χ1) is 19.3. The maximum atomic E-state index is 13.6. The Balaban J connectivity index is 1.70. The van der Waals surface area contributed by atoms with Gasteiger partial charge in [-0.1, -0.05) is 42.3 Å². The largest absolute Gasteiger partial charge is 0.467 e. The van der Waals surface area contributed by atoms with Gasteiger partial charge in [0.2, 0.25) is 5.91 Å². The van der Waals surface area contributed by atoms with Gasteiger partial charge in [0.15, 0.2) is 0 Å². The van der Waals surface area contributed by atoms with Gasteiger partial charge in [-0.3, -0.25) is 14.1 Å². The fourth-order valence-electron chi connectivity index (χ4n) is 4.12. The van der Waals surface area contributed by atoms with Gasteiger partial charge in [-0.05, 0) is 78.7 Å². The molecular weight excluding hydrogens is 573 g/mol. The fraction of sp³-hybridized carbons (Fsp3) is 0.172. The van der Waals surface area contributed by atoms with Crippen molar-refractivity contribution in [2.24, 2.45) is 0 Å². The van der Waals surface area contributed by atoms with Crippen LogP contribution in [-0.2, 0) is 29.2 Å². The molecule has 2 N–H and O–H groups in total. The van der Waals surface area contributed by atoms with Crippen molar-refractivity contribution in [1.82, 2.24) is 4.90 Å². The lowest BCUT2D eigenvalue weighted by molar-refractivity contribution is -0.116. The monoisotopic (exact) mass is 599 g/mol. The predicted molar refractivity (Wildman–Crippen MR) is 158 cm³/mol. The van der Waals surface area contributed by atoms with Crippen molar-refractivity contribution in [3.05, 3.63) is 112 Å². The van der Waals surface area contributed by atoms with Gasteiger partial charge in [0, 0.05) is 23.7 Å². The van der Waals surface area contributed by atoms with Crippen molar-refractivity contribution < 1.29 is 22.8 Å². The van der Waals surface area contributed by atoms with Gasteiger partial charge in [0.05, 0.1) is 34.8 Å². The molecule has 208 valence electrons. The SMILES string of the molecule is CCCC(=O)Nc1ccc(N(c2ccc(Cl)cc2CN(Cc2ccco2)C(=O)c2ccccc2Cl)S(=O)O)cc1. The normalized spacial score (nSPS) is 11.6. The molecule has 0 aliphatic carbocycles. The Morgan fingerprint density at radius 3 is 2.38 bits per heavy atom. The number of furan rings is 1. The maximum Gasteiger partial charge on any atom is 0.266 e.